The predicted octanol–water partition coefficient (Wildman–Crippen LogP) is 3.89. The third-order valence-corrected chi connectivity index (χ3v) is 4.19. The molecule has 0 unspecified atom stereocenters. The first-order valence-electron chi connectivity index (χ1n) is 8.62. The Labute approximate surface area is 173 Å². The highest BCUT2D eigenvalue weighted by Gasteiger charge is 2.10. The number of hydrogen-bond acceptors (Lipinski definition) is 3. The van der Waals surface area contributed by atoms with E-state index in [9.17, 15) is 0 Å². The highest BCUT2D eigenvalue weighted by atomic mass is 127. The molecule has 1 heterocycles. The Kier molecular flexibility index (Phi) is 9.40. The average Bonchev–Trinajstić information content (AvgIpc) is 2.60. The van der Waals surface area contributed by atoms with E-state index in [2.05, 4.69) is 46.6 Å². The van der Waals surface area contributed by atoms with Gasteiger partial charge in [0.05, 0.1) is 25.9 Å². The van der Waals surface area contributed by atoms with Crippen LogP contribution in [0.5, 0.6) is 5.75 Å². The molecule has 2 N–H and O–H groups in total. The molecule has 1 aromatic heterocycles. The van der Waals surface area contributed by atoms with Crippen LogP contribution in [0.15, 0.2) is 35.5 Å². The molecular weight excluding hydrogens is 439 g/mol. The number of aromatic nitrogens is 1. The minimum atomic E-state index is 0. The number of guanidine groups is 1. The highest BCUT2D eigenvalue weighted by Crippen LogP contribution is 2.23. The summed E-state index contributed by atoms with van der Waals surface area (Å²) in [5.74, 6) is 1.68. The van der Waals surface area contributed by atoms with Crippen molar-refractivity contribution in [3.05, 3.63) is 58.4 Å². The first kappa shape index (κ1) is 22.2. The lowest BCUT2D eigenvalue weighted by molar-refractivity contribution is 0.406. The van der Waals surface area contributed by atoms with Crippen LogP contribution in [0.2, 0.25) is 0 Å². The van der Waals surface area contributed by atoms with Gasteiger partial charge in [-0.25, -0.2) is 4.99 Å². The molecule has 0 aliphatic heterocycles. The molecule has 2 aromatic rings. The second-order valence-corrected chi connectivity index (χ2v) is 6.02. The smallest absolute Gasteiger partial charge is 0.191 e. The molecular formula is C20H29IN4O. The van der Waals surface area contributed by atoms with Crippen LogP contribution in [0.25, 0.3) is 0 Å². The summed E-state index contributed by atoms with van der Waals surface area (Å²) >= 11 is 0. The normalized spacial score (nSPS) is 10.9. The molecule has 0 fully saturated rings. The molecule has 26 heavy (non-hydrogen) atoms. The molecule has 0 radical (unpaired) electrons. The van der Waals surface area contributed by atoms with Crippen LogP contribution >= 0.6 is 24.0 Å². The van der Waals surface area contributed by atoms with Crippen molar-refractivity contribution in [3.8, 4) is 5.75 Å². The number of halogens is 1. The second kappa shape index (κ2) is 11.0. The number of benzene rings is 1. The fourth-order valence-electron chi connectivity index (χ4n) is 2.71. The number of nitrogens with one attached hydrogen (secondary N) is 2. The van der Waals surface area contributed by atoms with E-state index in [1.54, 1.807) is 7.11 Å². The maximum atomic E-state index is 5.48. The number of rotatable bonds is 6. The lowest BCUT2D eigenvalue weighted by atomic mass is 10.1. The van der Waals surface area contributed by atoms with Gasteiger partial charge in [0.25, 0.3) is 0 Å². The highest BCUT2D eigenvalue weighted by molar-refractivity contribution is 14.0. The average molecular weight is 468 g/mol. The lowest BCUT2D eigenvalue weighted by Crippen LogP contribution is -2.37. The number of nitrogens with zero attached hydrogens (tertiary/aromatic N) is 2. The Morgan fingerprint density at radius 2 is 1.85 bits per heavy atom. The van der Waals surface area contributed by atoms with Crippen LogP contribution in [0.4, 0.5) is 0 Å². The van der Waals surface area contributed by atoms with E-state index in [4.69, 9.17) is 4.74 Å². The van der Waals surface area contributed by atoms with Gasteiger partial charge in [-0.3, -0.25) is 4.98 Å². The number of aryl methyl sites for hydroxylation is 2. The summed E-state index contributed by atoms with van der Waals surface area (Å²) in [6.45, 7) is 10.3. The van der Waals surface area contributed by atoms with Gasteiger partial charge in [0.1, 0.15) is 5.75 Å². The monoisotopic (exact) mass is 468 g/mol. The standard InChI is InChI=1S/C20H28N4O.HI/c1-6-21-20(23-12-17-10-8-7-9-14(17)2)24-13-18-16(4)19(25-5)15(3)11-22-18;/h7-11H,6,12-13H2,1-5H3,(H2,21,23,24);1H. The quantitative estimate of drug-likeness (QED) is 0.384. The Morgan fingerprint density at radius 1 is 1.12 bits per heavy atom. The summed E-state index contributed by atoms with van der Waals surface area (Å²) in [6.07, 6.45) is 1.85. The van der Waals surface area contributed by atoms with Crippen molar-refractivity contribution in [2.24, 2.45) is 4.99 Å². The van der Waals surface area contributed by atoms with E-state index < -0.39 is 0 Å². The van der Waals surface area contributed by atoms with Gasteiger partial charge < -0.3 is 15.4 Å². The first-order chi connectivity index (χ1) is 12.1. The third kappa shape index (κ3) is 5.86. The van der Waals surface area contributed by atoms with E-state index in [1.807, 2.05) is 32.2 Å². The molecule has 5 nitrogen and oxygen atoms in total. The minimum Gasteiger partial charge on any atom is -0.496 e. The molecule has 2 rings (SSSR count). The summed E-state index contributed by atoms with van der Waals surface area (Å²) < 4.78 is 5.48. The Morgan fingerprint density at radius 3 is 2.50 bits per heavy atom. The van der Waals surface area contributed by atoms with Crippen molar-refractivity contribution in [1.82, 2.24) is 15.6 Å². The number of aliphatic imine (C=N–C) groups is 1. The van der Waals surface area contributed by atoms with E-state index in [1.165, 1.54) is 11.1 Å². The first-order valence-corrected chi connectivity index (χ1v) is 8.62. The molecule has 0 atom stereocenters. The van der Waals surface area contributed by atoms with Crippen molar-refractivity contribution < 1.29 is 4.74 Å². The van der Waals surface area contributed by atoms with E-state index >= 15 is 0 Å². The van der Waals surface area contributed by atoms with Crippen molar-refractivity contribution >= 4 is 29.9 Å². The largest absolute Gasteiger partial charge is 0.496 e. The predicted molar refractivity (Wildman–Crippen MR) is 119 cm³/mol. The number of ether oxygens (including phenoxy) is 1. The molecule has 0 aliphatic rings. The van der Waals surface area contributed by atoms with E-state index in [0.717, 1.165) is 35.1 Å². The molecule has 0 bridgehead atoms. The Bertz CT molecular complexity index is 747. The molecule has 0 spiro atoms. The summed E-state index contributed by atoms with van der Waals surface area (Å²) in [6, 6.07) is 8.31. The van der Waals surface area contributed by atoms with Crippen molar-refractivity contribution in [2.75, 3.05) is 13.7 Å². The van der Waals surface area contributed by atoms with E-state index in [-0.39, 0.29) is 24.0 Å². The molecule has 142 valence electrons. The van der Waals surface area contributed by atoms with Crippen LogP contribution in [-0.4, -0.2) is 24.6 Å². The maximum Gasteiger partial charge on any atom is 0.191 e. The van der Waals surface area contributed by atoms with Crippen LogP contribution in [0.3, 0.4) is 0 Å². The van der Waals surface area contributed by atoms with Gasteiger partial charge in [-0.1, -0.05) is 24.3 Å². The van der Waals surface area contributed by atoms with Gasteiger partial charge in [0.2, 0.25) is 0 Å². The number of hydrogen-bond donors (Lipinski definition) is 2. The molecule has 0 amide bonds. The number of methoxy groups -OCH3 is 1. The maximum absolute atomic E-state index is 5.48. The summed E-state index contributed by atoms with van der Waals surface area (Å²) in [5, 5.41) is 6.64. The van der Waals surface area contributed by atoms with Crippen LogP contribution < -0.4 is 15.4 Å². The van der Waals surface area contributed by atoms with Gasteiger partial charge in [0, 0.05) is 23.9 Å². The van der Waals surface area contributed by atoms with Gasteiger partial charge >= 0.3 is 0 Å². The van der Waals surface area contributed by atoms with E-state index in [0.29, 0.717) is 13.1 Å². The molecule has 0 saturated carbocycles. The fourth-order valence-corrected chi connectivity index (χ4v) is 2.71. The second-order valence-electron chi connectivity index (χ2n) is 6.02. The number of pyridine rings is 1. The van der Waals surface area contributed by atoms with Crippen LogP contribution in [0.1, 0.15) is 34.9 Å². The zero-order valence-electron chi connectivity index (χ0n) is 16.2. The fraction of sp³-hybridized carbons (Fsp3) is 0.400. The summed E-state index contributed by atoms with van der Waals surface area (Å²) in [5.41, 5.74) is 5.55. The Hall–Kier alpha value is -1.83. The SMILES string of the molecule is CCNC(=NCc1ccccc1C)NCc1ncc(C)c(OC)c1C.I. The minimum absolute atomic E-state index is 0. The van der Waals surface area contributed by atoms with Gasteiger partial charge in [0.15, 0.2) is 5.96 Å². The zero-order valence-corrected chi connectivity index (χ0v) is 18.5. The topological polar surface area (TPSA) is 58.5 Å². The molecule has 0 saturated heterocycles. The van der Waals surface area contributed by atoms with Gasteiger partial charge in [-0.15, -0.1) is 24.0 Å². The van der Waals surface area contributed by atoms with Gasteiger partial charge in [-0.05, 0) is 38.8 Å². The molecule has 6 heteroatoms. The van der Waals surface area contributed by atoms with Crippen LogP contribution in [0, 0.1) is 20.8 Å². The summed E-state index contributed by atoms with van der Waals surface area (Å²) in [7, 11) is 1.69. The van der Waals surface area contributed by atoms with Crippen molar-refractivity contribution in [2.45, 2.75) is 40.8 Å². The zero-order chi connectivity index (χ0) is 18.2. The third-order valence-electron chi connectivity index (χ3n) is 4.19. The van der Waals surface area contributed by atoms with Crippen molar-refractivity contribution in [1.29, 1.82) is 0 Å². The van der Waals surface area contributed by atoms with Crippen LogP contribution in [-0.2, 0) is 13.1 Å². The Balaban J connectivity index is 0.00000338. The summed E-state index contributed by atoms with van der Waals surface area (Å²) in [4.78, 5) is 9.21. The molecule has 0 aliphatic carbocycles. The van der Waals surface area contributed by atoms with Crippen molar-refractivity contribution in [3.63, 3.8) is 0 Å². The molecule has 1 aromatic carbocycles. The lowest BCUT2D eigenvalue weighted by Gasteiger charge is -2.15. The van der Waals surface area contributed by atoms with Gasteiger partial charge in [-0.2, -0.15) is 0 Å².